The fraction of sp³-hybridized carbons (Fsp3) is 0.211. The summed E-state index contributed by atoms with van der Waals surface area (Å²) in [6.45, 7) is 1.63. The number of carbonyl (C=O) groups is 2. The highest BCUT2D eigenvalue weighted by Gasteiger charge is 2.11. The van der Waals surface area contributed by atoms with Crippen LogP contribution in [0.4, 0.5) is 5.69 Å². The molecule has 7 nitrogen and oxygen atoms in total. The summed E-state index contributed by atoms with van der Waals surface area (Å²) in [7, 11) is 2.99. The number of hydrazone groups is 1. The van der Waals surface area contributed by atoms with E-state index in [1.165, 1.54) is 20.3 Å². The molecule has 0 aliphatic carbocycles. The van der Waals surface area contributed by atoms with Gasteiger partial charge in [-0.25, -0.2) is 5.43 Å². The number of ether oxygens (including phenoxy) is 2. The van der Waals surface area contributed by atoms with Crippen LogP contribution in [0.15, 0.2) is 41.5 Å². The number of hydrogen-bond acceptors (Lipinski definition) is 5. The average molecular weight is 424 g/mol. The molecule has 0 aromatic heterocycles. The lowest BCUT2D eigenvalue weighted by atomic mass is 10.2. The molecule has 2 aromatic rings. The average Bonchev–Trinajstić information content (AvgIpc) is 2.68. The van der Waals surface area contributed by atoms with Crippen molar-refractivity contribution >= 4 is 46.4 Å². The molecule has 2 aromatic carbocycles. The normalized spacial score (nSPS) is 11.0. The molecule has 0 fully saturated rings. The Morgan fingerprint density at radius 1 is 1.00 bits per heavy atom. The summed E-state index contributed by atoms with van der Waals surface area (Å²) < 4.78 is 10.3. The Labute approximate surface area is 172 Å². The number of rotatable bonds is 7. The largest absolute Gasteiger partial charge is 0.493 e. The summed E-state index contributed by atoms with van der Waals surface area (Å²) in [5.74, 6) is 0.194. The second-order valence-electron chi connectivity index (χ2n) is 5.71. The van der Waals surface area contributed by atoms with Gasteiger partial charge < -0.3 is 14.8 Å². The quantitative estimate of drug-likeness (QED) is 0.517. The predicted octanol–water partition coefficient (Wildman–Crippen LogP) is 4.15. The molecule has 0 atom stereocenters. The van der Waals surface area contributed by atoms with Crippen LogP contribution < -0.4 is 20.2 Å². The van der Waals surface area contributed by atoms with E-state index in [-0.39, 0.29) is 12.3 Å². The Hall–Kier alpha value is -2.77. The smallest absolute Gasteiger partial charge is 0.271 e. The van der Waals surface area contributed by atoms with Crippen molar-refractivity contribution in [3.05, 3.63) is 52.0 Å². The van der Waals surface area contributed by atoms with Gasteiger partial charge in [0, 0.05) is 17.0 Å². The van der Waals surface area contributed by atoms with Crippen LogP contribution in [0.2, 0.25) is 10.0 Å². The minimum absolute atomic E-state index is 0.00748. The summed E-state index contributed by atoms with van der Waals surface area (Å²) in [5.41, 5.74) is 3.69. The number of hydrogen-bond donors (Lipinski definition) is 2. The molecule has 0 radical (unpaired) electrons. The van der Waals surface area contributed by atoms with Gasteiger partial charge in [-0.05, 0) is 43.3 Å². The highest BCUT2D eigenvalue weighted by Crippen LogP contribution is 2.27. The van der Waals surface area contributed by atoms with Gasteiger partial charge in [-0.1, -0.05) is 23.2 Å². The Morgan fingerprint density at radius 3 is 2.36 bits per heavy atom. The van der Waals surface area contributed by atoms with Crippen LogP contribution in [-0.2, 0) is 4.79 Å². The molecular weight excluding hydrogens is 405 g/mol. The van der Waals surface area contributed by atoms with Crippen molar-refractivity contribution in [3.63, 3.8) is 0 Å². The van der Waals surface area contributed by atoms with E-state index in [0.717, 1.165) is 0 Å². The van der Waals surface area contributed by atoms with Gasteiger partial charge in [0.1, 0.15) is 0 Å². The first-order valence-corrected chi connectivity index (χ1v) is 8.90. The topological polar surface area (TPSA) is 89.0 Å². The van der Waals surface area contributed by atoms with Crippen molar-refractivity contribution < 1.29 is 19.1 Å². The van der Waals surface area contributed by atoms with Crippen molar-refractivity contribution in [2.24, 2.45) is 5.10 Å². The predicted molar refractivity (Wildman–Crippen MR) is 110 cm³/mol. The van der Waals surface area contributed by atoms with Gasteiger partial charge in [0.05, 0.1) is 30.7 Å². The lowest BCUT2D eigenvalue weighted by Crippen LogP contribution is -2.21. The zero-order valence-electron chi connectivity index (χ0n) is 15.5. The van der Waals surface area contributed by atoms with Gasteiger partial charge in [0.2, 0.25) is 5.91 Å². The Morgan fingerprint density at radius 2 is 1.71 bits per heavy atom. The molecule has 0 saturated carbocycles. The second kappa shape index (κ2) is 9.96. The lowest BCUT2D eigenvalue weighted by molar-refractivity contribution is -0.115. The summed E-state index contributed by atoms with van der Waals surface area (Å²) in [6.07, 6.45) is -0.00748. The van der Waals surface area contributed by atoms with Gasteiger partial charge in [-0.2, -0.15) is 5.10 Å². The van der Waals surface area contributed by atoms with E-state index >= 15 is 0 Å². The number of amides is 2. The second-order valence-corrected chi connectivity index (χ2v) is 6.53. The Kier molecular flexibility index (Phi) is 7.66. The third-order valence-electron chi connectivity index (χ3n) is 3.61. The van der Waals surface area contributed by atoms with E-state index < -0.39 is 5.91 Å². The molecule has 28 heavy (non-hydrogen) atoms. The van der Waals surface area contributed by atoms with Crippen molar-refractivity contribution in [1.29, 1.82) is 0 Å². The molecule has 0 spiro atoms. The fourth-order valence-corrected chi connectivity index (χ4v) is 2.54. The number of halogens is 2. The molecule has 148 valence electrons. The zero-order chi connectivity index (χ0) is 20.7. The number of nitrogens with one attached hydrogen (secondary N) is 2. The lowest BCUT2D eigenvalue weighted by Gasteiger charge is -2.09. The fourth-order valence-electron chi connectivity index (χ4n) is 2.24. The van der Waals surface area contributed by atoms with E-state index in [9.17, 15) is 9.59 Å². The minimum Gasteiger partial charge on any atom is -0.493 e. The van der Waals surface area contributed by atoms with Crippen LogP contribution >= 0.6 is 23.2 Å². The molecular formula is C19H19Cl2N3O4. The van der Waals surface area contributed by atoms with Crippen molar-refractivity contribution in [3.8, 4) is 11.5 Å². The van der Waals surface area contributed by atoms with Crippen molar-refractivity contribution in [1.82, 2.24) is 5.43 Å². The van der Waals surface area contributed by atoms with E-state index in [4.69, 9.17) is 32.7 Å². The first-order chi connectivity index (χ1) is 13.3. The Balaban J connectivity index is 1.95. The van der Waals surface area contributed by atoms with Gasteiger partial charge >= 0.3 is 0 Å². The number of nitrogens with zero attached hydrogens (tertiary/aromatic N) is 1. The summed E-state index contributed by atoms with van der Waals surface area (Å²) >= 11 is 11.8. The molecule has 0 bridgehead atoms. The highest BCUT2D eigenvalue weighted by molar-refractivity contribution is 6.42. The molecule has 9 heteroatoms. The van der Waals surface area contributed by atoms with E-state index in [2.05, 4.69) is 15.8 Å². The molecule has 2 N–H and O–H groups in total. The minimum atomic E-state index is -0.440. The van der Waals surface area contributed by atoms with E-state index in [1.807, 2.05) is 0 Å². The third-order valence-corrected chi connectivity index (χ3v) is 4.35. The van der Waals surface area contributed by atoms with Gasteiger partial charge in [-0.3, -0.25) is 9.59 Å². The molecule has 0 unspecified atom stereocenters. The molecule has 0 heterocycles. The third kappa shape index (κ3) is 5.87. The highest BCUT2D eigenvalue weighted by atomic mass is 35.5. The van der Waals surface area contributed by atoms with Crippen LogP contribution in [-0.4, -0.2) is 31.7 Å². The van der Waals surface area contributed by atoms with Crippen molar-refractivity contribution in [2.75, 3.05) is 19.5 Å². The number of carbonyl (C=O) groups excluding carboxylic acids is 2. The van der Waals surface area contributed by atoms with Crippen LogP contribution in [0.25, 0.3) is 0 Å². The van der Waals surface area contributed by atoms with Crippen LogP contribution in [0, 0.1) is 0 Å². The SMILES string of the molecule is COc1ccc(C(=O)N/N=C(/C)CC(=O)Nc2ccc(Cl)c(Cl)c2)cc1OC. The first kappa shape index (κ1) is 21.5. The van der Waals surface area contributed by atoms with Crippen molar-refractivity contribution in [2.45, 2.75) is 13.3 Å². The molecule has 0 aliphatic rings. The maximum Gasteiger partial charge on any atom is 0.271 e. The standard InChI is InChI=1S/C19H19Cl2N3O4/c1-11(8-18(25)22-13-5-6-14(20)15(21)10-13)23-24-19(26)12-4-7-16(27-2)17(9-12)28-3/h4-7,9-10H,8H2,1-3H3,(H,22,25)(H,24,26)/b23-11-. The van der Waals surface area contributed by atoms with Crippen LogP contribution in [0.5, 0.6) is 11.5 Å². The van der Waals surface area contributed by atoms with Crippen LogP contribution in [0.3, 0.4) is 0 Å². The van der Waals surface area contributed by atoms with Gasteiger partial charge in [-0.15, -0.1) is 0 Å². The molecule has 2 rings (SSSR count). The number of anilines is 1. The van der Waals surface area contributed by atoms with E-state index in [1.54, 1.807) is 37.3 Å². The summed E-state index contributed by atoms with van der Waals surface area (Å²) in [5, 5.41) is 7.37. The zero-order valence-corrected chi connectivity index (χ0v) is 17.0. The first-order valence-electron chi connectivity index (χ1n) is 8.14. The Bertz CT molecular complexity index is 916. The maximum atomic E-state index is 12.2. The van der Waals surface area contributed by atoms with Gasteiger partial charge in [0.15, 0.2) is 11.5 Å². The van der Waals surface area contributed by atoms with Gasteiger partial charge in [0.25, 0.3) is 5.91 Å². The molecule has 0 aliphatic heterocycles. The van der Waals surface area contributed by atoms with Crippen LogP contribution in [0.1, 0.15) is 23.7 Å². The summed E-state index contributed by atoms with van der Waals surface area (Å²) in [4.78, 5) is 24.3. The maximum absolute atomic E-state index is 12.2. The monoisotopic (exact) mass is 423 g/mol. The number of benzene rings is 2. The molecule has 2 amide bonds. The molecule has 0 saturated heterocycles. The van der Waals surface area contributed by atoms with E-state index in [0.29, 0.717) is 38.5 Å². The number of methoxy groups -OCH3 is 2. The summed E-state index contributed by atoms with van der Waals surface area (Å²) in [6, 6.07) is 9.51.